The maximum atomic E-state index is 11.1. The average molecular weight is 565 g/mol. The summed E-state index contributed by atoms with van der Waals surface area (Å²) in [7, 11) is 0. The molecule has 2 heteroatoms. The Bertz CT molecular complexity index is 924. The van der Waals surface area contributed by atoms with E-state index in [1.54, 1.807) is 0 Å². The molecule has 2 aromatic carbocycles. The second-order valence-electron chi connectivity index (χ2n) is 13.1. The summed E-state index contributed by atoms with van der Waals surface area (Å²) >= 11 is 0. The molecule has 0 heterocycles. The first kappa shape index (κ1) is 35.2. The SMILES string of the molecule is CCCCCCc1cc(C(C)(C)c2cc(CCCCCC)c(O)cc2CCCCCC)c(CCCCCC)cc1O. The Kier molecular flexibility index (Phi) is 16.6. The standard InChI is InChI=1S/C39H64O2/c1-7-11-15-19-23-31-29-37(40)33(25-21-17-13-9-3)27-35(31)39(5,6)36-28-34(26-22-18-14-10-4)38(41)30-32(36)24-20-16-12-8-2/h27-30,40-41H,7-26H2,1-6H3. The Balaban J connectivity index is 2.56. The number of hydrogen-bond acceptors (Lipinski definition) is 2. The maximum Gasteiger partial charge on any atom is 0.119 e. The Morgan fingerprint density at radius 3 is 1.00 bits per heavy atom. The largest absolute Gasteiger partial charge is 0.508 e. The van der Waals surface area contributed by atoms with Gasteiger partial charge in [0.2, 0.25) is 0 Å². The molecule has 0 bridgehead atoms. The molecule has 232 valence electrons. The van der Waals surface area contributed by atoms with Crippen molar-refractivity contribution in [2.45, 2.75) is 175 Å². The second kappa shape index (κ2) is 19.3. The van der Waals surface area contributed by atoms with E-state index in [4.69, 9.17) is 0 Å². The Hall–Kier alpha value is -1.96. The fraction of sp³-hybridized carbons (Fsp3) is 0.692. The third kappa shape index (κ3) is 11.3. The van der Waals surface area contributed by atoms with Crippen LogP contribution in [0.5, 0.6) is 11.5 Å². The summed E-state index contributed by atoms with van der Waals surface area (Å²) in [6, 6.07) is 8.91. The van der Waals surface area contributed by atoms with Gasteiger partial charge in [0.15, 0.2) is 0 Å². The molecule has 2 rings (SSSR count). The fourth-order valence-electron chi connectivity index (χ4n) is 6.44. The fourth-order valence-corrected chi connectivity index (χ4v) is 6.44. The molecule has 2 nitrogen and oxygen atoms in total. The number of rotatable bonds is 22. The number of benzene rings is 2. The molecule has 0 saturated heterocycles. The van der Waals surface area contributed by atoms with Crippen LogP contribution in [0.1, 0.15) is 178 Å². The lowest BCUT2D eigenvalue weighted by Gasteiger charge is -2.33. The van der Waals surface area contributed by atoms with E-state index in [-0.39, 0.29) is 5.41 Å². The molecular formula is C39H64O2. The van der Waals surface area contributed by atoms with Crippen molar-refractivity contribution < 1.29 is 10.2 Å². The second-order valence-corrected chi connectivity index (χ2v) is 13.1. The summed E-state index contributed by atoms with van der Waals surface area (Å²) in [5.74, 6) is 0.960. The molecule has 2 N–H and O–H groups in total. The lowest BCUT2D eigenvalue weighted by atomic mass is 9.71. The third-order valence-corrected chi connectivity index (χ3v) is 9.15. The highest BCUT2D eigenvalue weighted by molar-refractivity contribution is 5.53. The number of phenols is 2. The van der Waals surface area contributed by atoms with Gasteiger partial charge in [-0.2, -0.15) is 0 Å². The van der Waals surface area contributed by atoms with E-state index < -0.39 is 0 Å². The van der Waals surface area contributed by atoms with E-state index in [0.29, 0.717) is 11.5 Å². The van der Waals surface area contributed by atoms with Gasteiger partial charge in [0, 0.05) is 5.41 Å². The van der Waals surface area contributed by atoms with Gasteiger partial charge in [-0.25, -0.2) is 0 Å². The summed E-state index contributed by atoms with van der Waals surface area (Å²) in [6.45, 7) is 13.8. The number of aromatic hydroxyl groups is 2. The first-order chi connectivity index (χ1) is 19.8. The minimum atomic E-state index is -0.210. The lowest BCUT2D eigenvalue weighted by Crippen LogP contribution is -2.24. The van der Waals surface area contributed by atoms with Gasteiger partial charge in [-0.1, -0.05) is 131 Å². The van der Waals surface area contributed by atoms with Gasteiger partial charge in [-0.15, -0.1) is 0 Å². The van der Waals surface area contributed by atoms with Crippen LogP contribution in [0.25, 0.3) is 0 Å². The van der Waals surface area contributed by atoms with Crippen molar-refractivity contribution in [3.63, 3.8) is 0 Å². The maximum absolute atomic E-state index is 11.1. The topological polar surface area (TPSA) is 40.5 Å². The number of hydrogen-bond donors (Lipinski definition) is 2. The van der Waals surface area contributed by atoms with Crippen LogP contribution in [-0.2, 0) is 31.1 Å². The summed E-state index contributed by atoms with van der Waals surface area (Å²) in [4.78, 5) is 0. The van der Waals surface area contributed by atoms with Crippen molar-refractivity contribution in [2.24, 2.45) is 0 Å². The van der Waals surface area contributed by atoms with Gasteiger partial charge in [-0.3, -0.25) is 0 Å². The van der Waals surface area contributed by atoms with E-state index in [0.717, 1.165) is 62.5 Å². The van der Waals surface area contributed by atoms with E-state index >= 15 is 0 Å². The van der Waals surface area contributed by atoms with Crippen molar-refractivity contribution >= 4 is 0 Å². The molecular weight excluding hydrogens is 500 g/mol. The van der Waals surface area contributed by atoms with Gasteiger partial charge < -0.3 is 10.2 Å². The highest BCUT2D eigenvalue weighted by Crippen LogP contribution is 2.41. The Morgan fingerprint density at radius 2 is 0.707 bits per heavy atom. The molecule has 0 atom stereocenters. The van der Waals surface area contributed by atoms with Crippen molar-refractivity contribution in [1.82, 2.24) is 0 Å². The third-order valence-electron chi connectivity index (χ3n) is 9.15. The minimum absolute atomic E-state index is 0.210. The minimum Gasteiger partial charge on any atom is -0.508 e. The average Bonchev–Trinajstić information content (AvgIpc) is 2.95. The van der Waals surface area contributed by atoms with E-state index in [1.807, 2.05) is 0 Å². The molecule has 0 fully saturated rings. The molecule has 0 radical (unpaired) electrons. The summed E-state index contributed by atoms with van der Waals surface area (Å²) in [5.41, 5.74) is 7.34. The molecule has 0 aliphatic carbocycles. The van der Waals surface area contributed by atoms with Crippen molar-refractivity contribution in [2.75, 3.05) is 0 Å². The Labute approximate surface area is 254 Å². The smallest absolute Gasteiger partial charge is 0.119 e. The zero-order valence-electron chi connectivity index (χ0n) is 27.8. The van der Waals surface area contributed by atoms with E-state index in [9.17, 15) is 10.2 Å². The molecule has 2 aromatic rings. The van der Waals surface area contributed by atoms with Crippen LogP contribution in [0.15, 0.2) is 24.3 Å². The van der Waals surface area contributed by atoms with Crippen molar-refractivity contribution in [3.05, 3.63) is 57.6 Å². The normalized spacial score (nSPS) is 11.9. The highest BCUT2D eigenvalue weighted by atomic mass is 16.3. The summed E-state index contributed by atoms with van der Waals surface area (Å²) in [5, 5.41) is 22.2. The predicted molar refractivity (Wildman–Crippen MR) is 180 cm³/mol. The highest BCUT2D eigenvalue weighted by Gasteiger charge is 2.30. The van der Waals surface area contributed by atoms with Crippen molar-refractivity contribution in [3.8, 4) is 11.5 Å². The van der Waals surface area contributed by atoms with Gasteiger partial charge in [-0.05, 0) is 96.9 Å². The van der Waals surface area contributed by atoms with Crippen LogP contribution in [0, 0.1) is 0 Å². The number of unbranched alkanes of at least 4 members (excludes halogenated alkanes) is 12. The van der Waals surface area contributed by atoms with Crippen molar-refractivity contribution in [1.29, 1.82) is 0 Å². The molecule has 0 amide bonds. The zero-order chi connectivity index (χ0) is 30.1. The van der Waals surface area contributed by atoms with Gasteiger partial charge in [0.1, 0.15) is 11.5 Å². The first-order valence-corrected chi connectivity index (χ1v) is 17.5. The van der Waals surface area contributed by atoms with Crippen LogP contribution in [-0.4, -0.2) is 10.2 Å². The summed E-state index contributed by atoms with van der Waals surface area (Å²) in [6.07, 6.45) is 23.3. The van der Waals surface area contributed by atoms with Crippen LogP contribution in [0.2, 0.25) is 0 Å². The van der Waals surface area contributed by atoms with Gasteiger partial charge >= 0.3 is 0 Å². The summed E-state index contributed by atoms with van der Waals surface area (Å²) < 4.78 is 0. The van der Waals surface area contributed by atoms with Crippen LogP contribution >= 0.6 is 0 Å². The van der Waals surface area contributed by atoms with E-state index in [2.05, 4.69) is 65.8 Å². The first-order valence-electron chi connectivity index (χ1n) is 17.5. The van der Waals surface area contributed by atoms with Gasteiger partial charge in [0.25, 0.3) is 0 Å². The van der Waals surface area contributed by atoms with Gasteiger partial charge in [0.05, 0.1) is 0 Å². The Morgan fingerprint density at radius 1 is 0.415 bits per heavy atom. The van der Waals surface area contributed by atoms with Crippen LogP contribution in [0.3, 0.4) is 0 Å². The monoisotopic (exact) mass is 564 g/mol. The molecule has 0 saturated carbocycles. The molecule has 0 aliphatic rings. The molecule has 0 unspecified atom stereocenters. The zero-order valence-corrected chi connectivity index (χ0v) is 27.8. The molecule has 41 heavy (non-hydrogen) atoms. The lowest BCUT2D eigenvalue weighted by molar-refractivity contribution is 0.462. The molecule has 0 aromatic heterocycles. The number of aryl methyl sites for hydroxylation is 4. The van der Waals surface area contributed by atoms with E-state index in [1.165, 1.54) is 99.3 Å². The predicted octanol–water partition coefficient (Wildman–Crippen LogP) is 11.9. The van der Waals surface area contributed by atoms with Crippen LogP contribution < -0.4 is 0 Å². The molecule has 0 aliphatic heterocycles. The van der Waals surface area contributed by atoms with Crippen LogP contribution in [0.4, 0.5) is 0 Å². The number of phenolic OH excluding ortho intramolecular Hbond substituents is 2. The quantitative estimate of drug-likeness (QED) is 0.140. The molecule has 0 spiro atoms.